The Morgan fingerprint density at radius 2 is 2.05 bits per heavy atom. The highest BCUT2D eigenvalue weighted by atomic mass is 16.3. The molecule has 1 aromatic rings. The van der Waals surface area contributed by atoms with E-state index < -0.39 is 0 Å². The molecule has 0 bridgehead atoms. The van der Waals surface area contributed by atoms with Gasteiger partial charge >= 0.3 is 0 Å². The number of rotatable bonds is 5. The lowest BCUT2D eigenvalue weighted by atomic mass is 9.92. The summed E-state index contributed by atoms with van der Waals surface area (Å²) in [6.45, 7) is 3.83. The van der Waals surface area contributed by atoms with Crippen LogP contribution in [0.2, 0.25) is 0 Å². The summed E-state index contributed by atoms with van der Waals surface area (Å²) in [6.07, 6.45) is 6.59. The maximum Gasteiger partial charge on any atom is 0.115 e. The maximum absolute atomic E-state index is 9.66. The van der Waals surface area contributed by atoms with Crippen LogP contribution in [-0.4, -0.2) is 29.1 Å². The molecule has 0 radical (unpaired) electrons. The molecule has 3 N–H and O–H groups in total. The number of nitrogens with zero attached hydrogens (tertiary/aromatic N) is 1. The Balaban J connectivity index is 2.17. The van der Waals surface area contributed by atoms with Crippen LogP contribution >= 0.6 is 0 Å². The van der Waals surface area contributed by atoms with Crippen molar-refractivity contribution in [2.24, 2.45) is 5.73 Å². The highest BCUT2D eigenvalue weighted by molar-refractivity contribution is 5.29. The van der Waals surface area contributed by atoms with E-state index in [-0.39, 0.29) is 6.04 Å². The quantitative estimate of drug-likeness (QED) is 0.857. The average Bonchev–Trinajstić information content (AvgIpc) is 2.45. The summed E-state index contributed by atoms with van der Waals surface area (Å²) in [5.41, 5.74) is 7.15. The van der Waals surface area contributed by atoms with E-state index in [0.717, 1.165) is 12.1 Å². The van der Waals surface area contributed by atoms with Crippen LogP contribution in [0, 0.1) is 0 Å². The molecule has 19 heavy (non-hydrogen) atoms. The van der Waals surface area contributed by atoms with E-state index in [2.05, 4.69) is 17.9 Å². The predicted octanol–water partition coefficient (Wildman–Crippen LogP) is 3.05. The molecule has 0 aliphatic heterocycles. The third-order valence-electron chi connectivity index (χ3n) is 4.29. The van der Waals surface area contributed by atoms with Gasteiger partial charge in [-0.15, -0.1) is 0 Å². The zero-order valence-electron chi connectivity index (χ0n) is 11.9. The third-order valence-corrected chi connectivity index (χ3v) is 4.29. The van der Waals surface area contributed by atoms with Gasteiger partial charge in [0.05, 0.1) is 0 Å². The third kappa shape index (κ3) is 3.48. The molecule has 0 amide bonds. The van der Waals surface area contributed by atoms with Crippen LogP contribution in [0.3, 0.4) is 0 Å². The molecule has 0 heterocycles. The Morgan fingerprint density at radius 1 is 1.32 bits per heavy atom. The molecule has 0 aromatic heterocycles. The zero-order valence-corrected chi connectivity index (χ0v) is 11.9. The number of nitrogens with two attached hydrogens (primary N) is 1. The second-order valence-corrected chi connectivity index (χ2v) is 5.47. The minimum absolute atomic E-state index is 0.222. The molecule has 3 heteroatoms. The van der Waals surface area contributed by atoms with Crippen molar-refractivity contribution in [2.75, 3.05) is 13.1 Å². The normalized spacial score (nSPS) is 18.7. The molecule has 0 spiro atoms. The first-order valence-corrected chi connectivity index (χ1v) is 7.51. The summed E-state index contributed by atoms with van der Waals surface area (Å²) in [7, 11) is 0. The second kappa shape index (κ2) is 6.92. The molecule has 1 aliphatic rings. The molecule has 2 rings (SSSR count). The second-order valence-electron chi connectivity index (χ2n) is 5.47. The van der Waals surface area contributed by atoms with Crippen molar-refractivity contribution in [1.29, 1.82) is 0 Å². The fraction of sp³-hybridized carbons (Fsp3) is 0.625. The molecule has 1 saturated carbocycles. The van der Waals surface area contributed by atoms with Crippen LogP contribution in [0.5, 0.6) is 5.75 Å². The Morgan fingerprint density at radius 3 is 2.63 bits per heavy atom. The molecular weight excluding hydrogens is 236 g/mol. The van der Waals surface area contributed by atoms with Gasteiger partial charge in [0.25, 0.3) is 0 Å². The molecule has 0 saturated heterocycles. The van der Waals surface area contributed by atoms with Gasteiger partial charge in [-0.25, -0.2) is 0 Å². The van der Waals surface area contributed by atoms with Gasteiger partial charge in [-0.05, 0) is 37.1 Å². The Labute approximate surface area is 116 Å². The predicted molar refractivity (Wildman–Crippen MR) is 79.2 cm³/mol. The number of hydrogen-bond donors (Lipinski definition) is 2. The van der Waals surface area contributed by atoms with Gasteiger partial charge in [0, 0.05) is 18.6 Å². The van der Waals surface area contributed by atoms with Crippen molar-refractivity contribution in [1.82, 2.24) is 4.90 Å². The smallest absolute Gasteiger partial charge is 0.115 e. The molecule has 106 valence electrons. The van der Waals surface area contributed by atoms with Gasteiger partial charge in [-0.2, -0.15) is 0 Å². The SMILES string of the molecule is CCN(C1CCCCC1)C(CN)c1cccc(O)c1. The van der Waals surface area contributed by atoms with Gasteiger partial charge < -0.3 is 10.8 Å². The lowest BCUT2D eigenvalue weighted by molar-refractivity contribution is 0.113. The molecule has 1 aromatic carbocycles. The summed E-state index contributed by atoms with van der Waals surface area (Å²) in [4.78, 5) is 2.52. The van der Waals surface area contributed by atoms with E-state index in [1.165, 1.54) is 32.1 Å². The van der Waals surface area contributed by atoms with Crippen LogP contribution < -0.4 is 5.73 Å². The Kier molecular flexibility index (Phi) is 5.23. The average molecular weight is 262 g/mol. The Hall–Kier alpha value is -1.06. The van der Waals surface area contributed by atoms with Crippen molar-refractivity contribution in [3.8, 4) is 5.75 Å². The van der Waals surface area contributed by atoms with Crippen LogP contribution in [0.15, 0.2) is 24.3 Å². The van der Waals surface area contributed by atoms with Crippen LogP contribution in [0.1, 0.15) is 50.6 Å². The molecule has 1 fully saturated rings. The fourth-order valence-corrected chi connectivity index (χ4v) is 3.34. The fourth-order valence-electron chi connectivity index (χ4n) is 3.34. The largest absolute Gasteiger partial charge is 0.508 e. The number of benzene rings is 1. The van der Waals surface area contributed by atoms with E-state index in [1.54, 1.807) is 6.07 Å². The van der Waals surface area contributed by atoms with Crippen molar-refractivity contribution >= 4 is 0 Å². The van der Waals surface area contributed by atoms with Crippen molar-refractivity contribution in [3.05, 3.63) is 29.8 Å². The van der Waals surface area contributed by atoms with E-state index in [9.17, 15) is 5.11 Å². The van der Waals surface area contributed by atoms with Gasteiger partial charge in [0.2, 0.25) is 0 Å². The zero-order chi connectivity index (χ0) is 13.7. The van der Waals surface area contributed by atoms with Crippen LogP contribution in [0.25, 0.3) is 0 Å². The molecule has 1 aliphatic carbocycles. The van der Waals surface area contributed by atoms with Gasteiger partial charge in [-0.1, -0.05) is 38.3 Å². The summed E-state index contributed by atoms with van der Waals surface area (Å²) in [5.74, 6) is 0.329. The Bertz CT molecular complexity index is 388. The van der Waals surface area contributed by atoms with Gasteiger partial charge in [-0.3, -0.25) is 4.90 Å². The van der Waals surface area contributed by atoms with Crippen molar-refractivity contribution < 1.29 is 5.11 Å². The minimum Gasteiger partial charge on any atom is -0.508 e. The highest BCUT2D eigenvalue weighted by Gasteiger charge is 2.26. The number of likely N-dealkylation sites (N-methyl/N-ethyl adjacent to an activating group) is 1. The van der Waals surface area contributed by atoms with Gasteiger partial charge in [0.15, 0.2) is 0 Å². The summed E-state index contributed by atoms with van der Waals surface area (Å²) in [5, 5.41) is 9.66. The van der Waals surface area contributed by atoms with Crippen LogP contribution in [0.4, 0.5) is 0 Å². The lowest BCUT2D eigenvalue weighted by Gasteiger charge is -2.39. The molecule has 3 nitrogen and oxygen atoms in total. The van der Waals surface area contributed by atoms with Crippen LogP contribution in [-0.2, 0) is 0 Å². The molecular formula is C16H26N2O. The number of phenolic OH excluding ortho intramolecular Hbond substituents is 1. The monoisotopic (exact) mass is 262 g/mol. The topological polar surface area (TPSA) is 49.5 Å². The molecule has 1 unspecified atom stereocenters. The first-order chi connectivity index (χ1) is 9.26. The van der Waals surface area contributed by atoms with Gasteiger partial charge in [0.1, 0.15) is 5.75 Å². The van der Waals surface area contributed by atoms with E-state index >= 15 is 0 Å². The number of aromatic hydroxyl groups is 1. The molecule has 1 atom stereocenters. The summed E-state index contributed by atoms with van der Waals surface area (Å²) >= 11 is 0. The first-order valence-electron chi connectivity index (χ1n) is 7.51. The summed E-state index contributed by atoms with van der Waals surface area (Å²) in [6, 6.07) is 8.41. The standard InChI is InChI=1S/C16H26N2O/c1-2-18(14-8-4-3-5-9-14)16(12-17)13-7-6-10-15(19)11-13/h6-7,10-11,14,16,19H,2-5,8-9,12,17H2,1H3. The van der Waals surface area contributed by atoms with Crippen molar-refractivity contribution in [3.63, 3.8) is 0 Å². The van der Waals surface area contributed by atoms with E-state index in [1.807, 2.05) is 12.1 Å². The minimum atomic E-state index is 0.222. The van der Waals surface area contributed by atoms with Crippen molar-refractivity contribution in [2.45, 2.75) is 51.1 Å². The number of phenols is 1. The van der Waals surface area contributed by atoms with E-state index in [0.29, 0.717) is 18.3 Å². The first kappa shape index (κ1) is 14.4. The summed E-state index contributed by atoms with van der Waals surface area (Å²) < 4.78 is 0. The lowest BCUT2D eigenvalue weighted by Crippen LogP contribution is -2.42. The highest BCUT2D eigenvalue weighted by Crippen LogP contribution is 2.30. The van der Waals surface area contributed by atoms with E-state index in [4.69, 9.17) is 5.73 Å². The maximum atomic E-state index is 9.66. The number of hydrogen-bond acceptors (Lipinski definition) is 3.